The minimum atomic E-state index is 0.0872. The normalized spacial score (nSPS) is 13.8. The van der Waals surface area contributed by atoms with E-state index in [0.717, 1.165) is 52.3 Å². The van der Waals surface area contributed by atoms with Crippen LogP contribution in [-0.2, 0) is 0 Å². The van der Waals surface area contributed by atoms with Gasteiger partial charge in [0.2, 0.25) is 0 Å². The van der Waals surface area contributed by atoms with E-state index in [-0.39, 0.29) is 5.91 Å². The van der Waals surface area contributed by atoms with Crippen molar-refractivity contribution in [3.05, 3.63) is 84.7 Å². The van der Waals surface area contributed by atoms with Crippen LogP contribution < -0.4 is 9.64 Å². The van der Waals surface area contributed by atoms with Crippen LogP contribution in [0.2, 0.25) is 0 Å². The molecule has 0 atom stereocenters. The van der Waals surface area contributed by atoms with Crippen LogP contribution in [-0.4, -0.2) is 53.6 Å². The van der Waals surface area contributed by atoms with Crippen LogP contribution in [0.4, 0.5) is 5.82 Å². The molecule has 0 spiro atoms. The maximum absolute atomic E-state index is 13.2. The van der Waals surface area contributed by atoms with E-state index in [0.29, 0.717) is 19.7 Å². The second kappa shape index (κ2) is 9.28. The second-order valence-corrected chi connectivity index (χ2v) is 8.02. The summed E-state index contributed by atoms with van der Waals surface area (Å²) >= 11 is 0. The molecule has 1 saturated heterocycles. The highest BCUT2D eigenvalue weighted by Gasteiger charge is 2.24. The minimum absolute atomic E-state index is 0.0872. The van der Waals surface area contributed by atoms with Gasteiger partial charge in [-0.15, -0.1) is 0 Å². The SMILES string of the molecule is CCOc1ccc(-c2cc(N3CCN(C(=O)c4cccc5ccccc45)CC3)ncn2)cc1. The van der Waals surface area contributed by atoms with Crippen molar-refractivity contribution in [3.63, 3.8) is 0 Å². The Morgan fingerprint density at radius 3 is 2.45 bits per heavy atom. The van der Waals surface area contributed by atoms with E-state index in [9.17, 15) is 4.79 Å². The summed E-state index contributed by atoms with van der Waals surface area (Å²) < 4.78 is 5.53. The number of amides is 1. The van der Waals surface area contributed by atoms with E-state index in [2.05, 4.69) is 14.9 Å². The lowest BCUT2D eigenvalue weighted by molar-refractivity contribution is 0.0748. The molecule has 1 fully saturated rings. The molecule has 1 aromatic heterocycles. The van der Waals surface area contributed by atoms with Crippen LogP contribution in [0.5, 0.6) is 5.75 Å². The van der Waals surface area contributed by atoms with Crippen LogP contribution in [0.3, 0.4) is 0 Å². The molecular formula is C27H26N4O2. The van der Waals surface area contributed by atoms with Crippen LogP contribution in [0.15, 0.2) is 79.1 Å². The first-order valence-corrected chi connectivity index (χ1v) is 11.3. The zero-order valence-corrected chi connectivity index (χ0v) is 18.6. The lowest BCUT2D eigenvalue weighted by atomic mass is 10.0. The van der Waals surface area contributed by atoms with Crippen LogP contribution in [0, 0.1) is 0 Å². The highest BCUT2D eigenvalue weighted by atomic mass is 16.5. The van der Waals surface area contributed by atoms with Gasteiger partial charge in [-0.05, 0) is 48.0 Å². The monoisotopic (exact) mass is 438 g/mol. The number of hydrogen-bond acceptors (Lipinski definition) is 5. The van der Waals surface area contributed by atoms with E-state index in [1.54, 1.807) is 6.33 Å². The summed E-state index contributed by atoms with van der Waals surface area (Å²) in [6.07, 6.45) is 1.61. The number of anilines is 1. The van der Waals surface area contributed by atoms with Gasteiger partial charge in [-0.3, -0.25) is 4.79 Å². The molecule has 0 radical (unpaired) electrons. The Labute approximate surface area is 193 Å². The molecule has 0 bridgehead atoms. The molecule has 0 aliphatic carbocycles. The predicted molar refractivity (Wildman–Crippen MR) is 131 cm³/mol. The third-order valence-corrected chi connectivity index (χ3v) is 6.02. The highest BCUT2D eigenvalue weighted by molar-refractivity contribution is 6.07. The van der Waals surface area contributed by atoms with Crippen LogP contribution in [0.1, 0.15) is 17.3 Å². The summed E-state index contributed by atoms with van der Waals surface area (Å²) in [6.45, 7) is 5.40. The van der Waals surface area contributed by atoms with Crippen molar-refractivity contribution < 1.29 is 9.53 Å². The maximum atomic E-state index is 13.2. The molecule has 1 aliphatic rings. The van der Waals surface area contributed by atoms with Crippen molar-refractivity contribution >= 4 is 22.5 Å². The van der Waals surface area contributed by atoms with Gasteiger partial charge in [0.25, 0.3) is 5.91 Å². The molecule has 5 rings (SSSR count). The fraction of sp³-hybridized carbons (Fsp3) is 0.222. The van der Waals surface area contributed by atoms with Crippen LogP contribution >= 0.6 is 0 Å². The first kappa shape index (κ1) is 20.9. The van der Waals surface area contributed by atoms with Crippen molar-refractivity contribution in [2.24, 2.45) is 0 Å². The number of aromatic nitrogens is 2. The molecule has 0 N–H and O–H groups in total. The minimum Gasteiger partial charge on any atom is -0.494 e. The van der Waals surface area contributed by atoms with Crippen molar-refractivity contribution in [3.8, 4) is 17.0 Å². The maximum Gasteiger partial charge on any atom is 0.254 e. The standard InChI is InChI=1S/C27H26N4O2/c1-2-33-22-12-10-21(11-13-22)25-18-26(29-19-28-25)30-14-16-31(17-15-30)27(32)24-9-5-7-20-6-3-4-8-23(20)24/h3-13,18-19H,2,14-17H2,1H3. The van der Waals surface area contributed by atoms with Gasteiger partial charge in [0.1, 0.15) is 17.9 Å². The molecule has 2 heterocycles. The number of benzene rings is 3. The number of piperazine rings is 1. The number of carbonyl (C=O) groups excluding carboxylic acids is 1. The molecular weight excluding hydrogens is 412 g/mol. The lowest BCUT2D eigenvalue weighted by Crippen LogP contribution is -2.49. The Hall–Kier alpha value is -3.93. The van der Waals surface area contributed by atoms with Gasteiger partial charge in [0, 0.05) is 43.4 Å². The zero-order chi connectivity index (χ0) is 22.6. The topological polar surface area (TPSA) is 58.6 Å². The summed E-state index contributed by atoms with van der Waals surface area (Å²) in [5.41, 5.74) is 2.66. The van der Waals surface area contributed by atoms with Gasteiger partial charge in [0.15, 0.2) is 0 Å². The summed E-state index contributed by atoms with van der Waals surface area (Å²) in [4.78, 5) is 26.3. The molecule has 1 amide bonds. The molecule has 0 saturated carbocycles. The quantitative estimate of drug-likeness (QED) is 0.454. The summed E-state index contributed by atoms with van der Waals surface area (Å²) in [5.74, 6) is 1.82. The Morgan fingerprint density at radius 1 is 0.909 bits per heavy atom. The highest BCUT2D eigenvalue weighted by Crippen LogP contribution is 2.25. The van der Waals surface area contributed by atoms with Crippen molar-refractivity contribution in [1.82, 2.24) is 14.9 Å². The zero-order valence-electron chi connectivity index (χ0n) is 18.6. The summed E-state index contributed by atoms with van der Waals surface area (Å²) in [6, 6.07) is 23.9. The van der Waals surface area contributed by atoms with Crippen molar-refractivity contribution in [2.45, 2.75) is 6.92 Å². The molecule has 33 heavy (non-hydrogen) atoms. The van der Waals surface area contributed by atoms with Crippen LogP contribution in [0.25, 0.3) is 22.0 Å². The van der Waals surface area contributed by atoms with Gasteiger partial charge < -0.3 is 14.5 Å². The number of nitrogens with zero attached hydrogens (tertiary/aromatic N) is 4. The molecule has 6 heteroatoms. The Morgan fingerprint density at radius 2 is 1.67 bits per heavy atom. The number of hydrogen-bond donors (Lipinski definition) is 0. The summed E-state index contributed by atoms with van der Waals surface area (Å²) in [5, 5.41) is 2.09. The largest absolute Gasteiger partial charge is 0.494 e. The fourth-order valence-electron chi connectivity index (χ4n) is 4.29. The van der Waals surface area contributed by atoms with Crippen molar-refractivity contribution in [1.29, 1.82) is 0 Å². The molecule has 166 valence electrons. The third kappa shape index (κ3) is 4.37. The Kier molecular flexibility index (Phi) is 5.89. The number of fused-ring (bicyclic) bond motifs is 1. The molecule has 0 unspecified atom stereocenters. The predicted octanol–water partition coefficient (Wildman–Crippen LogP) is 4.66. The van der Waals surface area contributed by atoms with Gasteiger partial charge in [0.05, 0.1) is 12.3 Å². The number of carbonyl (C=O) groups is 1. The van der Waals surface area contributed by atoms with E-state index in [1.807, 2.05) is 84.6 Å². The molecule has 6 nitrogen and oxygen atoms in total. The van der Waals surface area contributed by atoms with Gasteiger partial charge in [-0.2, -0.15) is 0 Å². The fourth-order valence-corrected chi connectivity index (χ4v) is 4.29. The van der Waals surface area contributed by atoms with Gasteiger partial charge in [-0.1, -0.05) is 36.4 Å². The average molecular weight is 439 g/mol. The number of ether oxygens (including phenoxy) is 1. The molecule has 4 aromatic rings. The average Bonchev–Trinajstić information content (AvgIpc) is 2.89. The van der Waals surface area contributed by atoms with E-state index in [4.69, 9.17) is 4.74 Å². The summed E-state index contributed by atoms with van der Waals surface area (Å²) in [7, 11) is 0. The Bertz CT molecular complexity index is 1260. The van der Waals surface area contributed by atoms with Crippen molar-refractivity contribution in [2.75, 3.05) is 37.7 Å². The smallest absolute Gasteiger partial charge is 0.254 e. The Balaban J connectivity index is 1.28. The molecule has 3 aromatic carbocycles. The van der Waals surface area contributed by atoms with E-state index < -0.39 is 0 Å². The van der Waals surface area contributed by atoms with E-state index >= 15 is 0 Å². The third-order valence-electron chi connectivity index (χ3n) is 6.02. The van der Waals surface area contributed by atoms with Gasteiger partial charge in [-0.25, -0.2) is 9.97 Å². The second-order valence-electron chi connectivity index (χ2n) is 8.02. The van der Waals surface area contributed by atoms with Gasteiger partial charge >= 0.3 is 0 Å². The van der Waals surface area contributed by atoms with E-state index in [1.165, 1.54) is 0 Å². The first-order chi connectivity index (χ1) is 16.2. The lowest BCUT2D eigenvalue weighted by Gasteiger charge is -2.35. The molecule has 1 aliphatic heterocycles. The number of rotatable bonds is 5. The first-order valence-electron chi connectivity index (χ1n) is 11.3.